The number of anilines is 1. The SMILES string of the molecule is Cc1nc2ccc(NC(=O)CC3(N)CCCC3)cc2s1. The third-order valence-electron chi connectivity index (χ3n) is 3.89. The van der Waals surface area contributed by atoms with Crippen molar-refractivity contribution >= 4 is 33.1 Å². The fourth-order valence-corrected chi connectivity index (χ4v) is 3.76. The van der Waals surface area contributed by atoms with Crippen LogP contribution in [0.3, 0.4) is 0 Å². The molecule has 3 N–H and O–H groups in total. The Kier molecular flexibility index (Phi) is 3.48. The first-order chi connectivity index (χ1) is 9.54. The molecule has 20 heavy (non-hydrogen) atoms. The van der Waals surface area contributed by atoms with E-state index in [1.165, 1.54) is 0 Å². The lowest BCUT2D eigenvalue weighted by molar-refractivity contribution is -0.117. The topological polar surface area (TPSA) is 68.0 Å². The van der Waals surface area contributed by atoms with Crippen LogP contribution in [-0.2, 0) is 4.79 Å². The zero-order valence-corrected chi connectivity index (χ0v) is 12.4. The van der Waals surface area contributed by atoms with Gasteiger partial charge in [0.05, 0.1) is 15.2 Å². The minimum absolute atomic E-state index is 0.00925. The summed E-state index contributed by atoms with van der Waals surface area (Å²) in [5, 5.41) is 3.99. The Labute approximate surface area is 122 Å². The minimum Gasteiger partial charge on any atom is -0.326 e. The molecule has 1 saturated carbocycles. The molecule has 5 heteroatoms. The Balaban J connectivity index is 1.70. The molecule has 0 aliphatic heterocycles. The number of nitrogens with two attached hydrogens (primary N) is 1. The number of carbonyl (C=O) groups is 1. The molecule has 1 aliphatic rings. The van der Waals surface area contributed by atoms with Gasteiger partial charge in [-0.2, -0.15) is 0 Å². The molecule has 0 unspecified atom stereocenters. The van der Waals surface area contributed by atoms with Gasteiger partial charge < -0.3 is 11.1 Å². The van der Waals surface area contributed by atoms with Crippen LogP contribution in [0.5, 0.6) is 0 Å². The van der Waals surface area contributed by atoms with Gasteiger partial charge >= 0.3 is 0 Å². The minimum atomic E-state index is -0.296. The lowest BCUT2D eigenvalue weighted by Gasteiger charge is -2.22. The number of amides is 1. The molecule has 1 aromatic heterocycles. The predicted molar refractivity (Wildman–Crippen MR) is 83.0 cm³/mol. The van der Waals surface area contributed by atoms with Crippen molar-refractivity contribution < 1.29 is 4.79 Å². The molecule has 2 aromatic rings. The summed E-state index contributed by atoms with van der Waals surface area (Å²) >= 11 is 1.64. The van der Waals surface area contributed by atoms with Crippen LogP contribution < -0.4 is 11.1 Å². The number of fused-ring (bicyclic) bond motifs is 1. The molecule has 0 spiro atoms. The molecule has 4 nitrogen and oxygen atoms in total. The van der Waals surface area contributed by atoms with Gasteiger partial charge in [-0.25, -0.2) is 4.98 Å². The van der Waals surface area contributed by atoms with E-state index < -0.39 is 0 Å². The van der Waals surface area contributed by atoms with E-state index >= 15 is 0 Å². The van der Waals surface area contributed by atoms with Crippen molar-refractivity contribution in [3.63, 3.8) is 0 Å². The highest BCUT2D eigenvalue weighted by molar-refractivity contribution is 7.18. The molecule has 1 heterocycles. The van der Waals surface area contributed by atoms with Crippen LogP contribution in [0.1, 0.15) is 37.1 Å². The van der Waals surface area contributed by atoms with Crippen molar-refractivity contribution in [1.29, 1.82) is 0 Å². The average molecular weight is 289 g/mol. The van der Waals surface area contributed by atoms with Gasteiger partial charge in [-0.1, -0.05) is 12.8 Å². The molecule has 106 valence electrons. The fraction of sp³-hybridized carbons (Fsp3) is 0.467. The normalized spacial score (nSPS) is 17.5. The summed E-state index contributed by atoms with van der Waals surface area (Å²) in [5.74, 6) is 0.00925. The summed E-state index contributed by atoms with van der Waals surface area (Å²) in [5.41, 5.74) is 7.75. The van der Waals surface area contributed by atoms with Crippen LogP contribution in [0.25, 0.3) is 10.2 Å². The third-order valence-corrected chi connectivity index (χ3v) is 4.82. The lowest BCUT2D eigenvalue weighted by Crippen LogP contribution is -2.40. The summed E-state index contributed by atoms with van der Waals surface area (Å²) in [6.07, 6.45) is 4.58. The standard InChI is InChI=1S/C15H19N3OS/c1-10-17-12-5-4-11(8-13(12)20-10)18-14(19)9-15(16)6-2-3-7-15/h4-5,8H,2-3,6-7,9,16H2,1H3,(H,18,19). The maximum Gasteiger partial charge on any atom is 0.226 e. The number of carbonyl (C=O) groups excluding carboxylic acids is 1. The van der Waals surface area contributed by atoms with Crippen molar-refractivity contribution in [3.05, 3.63) is 23.2 Å². The van der Waals surface area contributed by atoms with E-state index in [1.54, 1.807) is 11.3 Å². The van der Waals surface area contributed by atoms with E-state index in [9.17, 15) is 4.79 Å². The highest BCUT2D eigenvalue weighted by Gasteiger charge is 2.31. The van der Waals surface area contributed by atoms with E-state index in [0.29, 0.717) is 6.42 Å². The summed E-state index contributed by atoms with van der Waals surface area (Å²) in [6, 6.07) is 5.83. The number of benzene rings is 1. The third kappa shape index (κ3) is 2.83. The lowest BCUT2D eigenvalue weighted by atomic mass is 9.94. The Morgan fingerprint density at radius 1 is 1.45 bits per heavy atom. The van der Waals surface area contributed by atoms with E-state index in [0.717, 1.165) is 46.6 Å². The Bertz CT molecular complexity index is 644. The number of thiazole rings is 1. The summed E-state index contributed by atoms with van der Waals surface area (Å²) in [4.78, 5) is 16.5. The molecule has 1 fully saturated rings. The molecule has 1 amide bonds. The van der Waals surface area contributed by atoms with Gasteiger partial charge in [-0.3, -0.25) is 4.79 Å². The molecule has 1 aromatic carbocycles. The van der Waals surface area contributed by atoms with E-state index in [1.807, 2.05) is 25.1 Å². The first-order valence-corrected chi connectivity index (χ1v) is 7.82. The highest BCUT2D eigenvalue weighted by Crippen LogP contribution is 2.30. The zero-order valence-electron chi connectivity index (χ0n) is 11.6. The first kappa shape index (κ1) is 13.5. The van der Waals surface area contributed by atoms with Crippen molar-refractivity contribution in [2.24, 2.45) is 5.73 Å². The Morgan fingerprint density at radius 2 is 2.20 bits per heavy atom. The summed E-state index contributed by atoms with van der Waals surface area (Å²) in [6.45, 7) is 1.99. The fourth-order valence-electron chi connectivity index (χ4n) is 2.90. The van der Waals surface area contributed by atoms with Gasteiger partial charge in [0, 0.05) is 17.6 Å². The molecular weight excluding hydrogens is 270 g/mol. The second kappa shape index (κ2) is 5.14. The molecule has 0 radical (unpaired) electrons. The van der Waals surface area contributed by atoms with Gasteiger partial charge in [0.1, 0.15) is 0 Å². The largest absolute Gasteiger partial charge is 0.326 e. The van der Waals surface area contributed by atoms with Crippen LogP contribution in [0, 0.1) is 6.92 Å². The average Bonchev–Trinajstić information content (AvgIpc) is 2.93. The summed E-state index contributed by atoms with van der Waals surface area (Å²) < 4.78 is 1.10. The second-order valence-corrected chi connectivity index (χ2v) is 6.94. The number of rotatable bonds is 3. The smallest absolute Gasteiger partial charge is 0.226 e. The number of nitrogens with zero attached hydrogens (tertiary/aromatic N) is 1. The van der Waals surface area contributed by atoms with Crippen molar-refractivity contribution in [1.82, 2.24) is 4.98 Å². The quantitative estimate of drug-likeness (QED) is 0.911. The number of aromatic nitrogens is 1. The summed E-state index contributed by atoms with van der Waals surface area (Å²) in [7, 11) is 0. The number of aryl methyl sites for hydroxylation is 1. The van der Waals surface area contributed by atoms with Crippen molar-refractivity contribution in [2.45, 2.75) is 44.6 Å². The van der Waals surface area contributed by atoms with Gasteiger partial charge in [-0.15, -0.1) is 11.3 Å². The first-order valence-electron chi connectivity index (χ1n) is 7.00. The monoisotopic (exact) mass is 289 g/mol. The Morgan fingerprint density at radius 3 is 2.95 bits per heavy atom. The maximum atomic E-state index is 12.1. The number of nitrogens with one attached hydrogen (secondary N) is 1. The maximum absolute atomic E-state index is 12.1. The van der Waals surface area contributed by atoms with Gasteiger partial charge in [0.15, 0.2) is 0 Å². The van der Waals surface area contributed by atoms with Gasteiger partial charge in [-0.05, 0) is 38.0 Å². The van der Waals surface area contributed by atoms with Crippen LogP contribution >= 0.6 is 11.3 Å². The van der Waals surface area contributed by atoms with Crippen LogP contribution in [0.4, 0.5) is 5.69 Å². The van der Waals surface area contributed by atoms with Crippen LogP contribution in [-0.4, -0.2) is 16.4 Å². The van der Waals surface area contributed by atoms with Crippen LogP contribution in [0.15, 0.2) is 18.2 Å². The van der Waals surface area contributed by atoms with Gasteiger partial charge in [0.25, 0.3) is 0 Å². The van der Waals surface area contributed by atoms with E-state index in [-0.39, 0.29) is 11.4 Å². The molecule has 0 atom stereocenters. The molecule has 3 rings (SSSR count). The highest BCUT2D eigenvalue weighted by atomic mass is 32.1. The van der Waals surface area contributed by atoms with Gasteiger partial charge in [0.2, 0.25) is 5.91 Å². The van der Waals surface area contributed by atoms with E-state index in [4.69, 9.17) is 5.73 Å². The molecule has 0 saturated heterocycles. The Hall–Kier alpha value is -1.46. The van der Waals surface area contributed by atoms with Crippen molar-refractivity contribution in [3.8, 4) is 0 Å². The number of hydrogen-bond donors (Lipinski definition) is 2. The second-order valence-electron chi connectivity index (χ2n) is 5.71. The zero-order chi connectivity index (χ0) is 14.2. The molecular formula is C15H19N3OS. The molecule has 1 aliphatic carbocycles. The number of hydrogen-bond acceptors (Lipinski definition) is 4. The predicted octanol–water partition coefficient (Wildman–Crippen LogP) is 3.20. The van der Waals surface area contributed by atoms with E-state index in [2.05, 4.69) is 10.3 Å². The molecule has 0 bridgehead atoms. The van der Waals surface area contributed by atoms with Crippen LogP contribution in [0.2, 0.25) is 0 Å². The van der Waals surface area contributed by atoms with Crippen molar-refractivity contribution in [2.75, 3.05) is 5.32 Å².